The van der Waals surface area contributed by atoms with Gasteiger partial charge in [-0.25, -0.2) is 9.37 Å². The third-order valence-corrected chi connectivity index (χ3v) is 3.27. The van der Waals surface area contributed by atoms with Crippen LogP contribution in [0.5, 0.6) is 0 Å². The van der Waals surface area contributed by atoms with Crippen molar-refractivity contribution in [2.75, 3.05) is 0 Å². The number of nitrogens with zero attached hydrogens (tertiary/aromatic N) is 1. The van der Waals surface area contributed by atoms with Gasteiger partial charge in [0.15, 0.2) is 11.5 Å². The minimum atomic E-state index is -0.282. The van der Waals surface area contributed by atoms with Crippen molar-refractivity contribution in [1.29, 1.82) is 0 Å². The molecule has 0 fully saturated rings. The van der Waals surface area contributed by atoms with Crippen molar-refractivity contribution in [1.82, 2.24) is 4.98 Å². The number of fused-ring (bicyclic) bond motifs is 1. The molecule has 0 aliphatic carbocycles. The molecule has 2 aromatic carbocycles. The largest absolute Gasteiger partial charge is 0.451 e. The summed E-state index contributed by atoms with van der Waals surface area (Å²) in [6.07, 6.45) is 1.61. The molecule has 0 radical (unpaired) electrons. The van der Waals surface area contributed by atoms with Crippen LogP contribution in [0.15, 0.2) is 69.6 Å². The second kappa shape index (κ2) is 4.59. The van der Waals surface area contributed by atoms with Crippen LogP contribution in [0.4, 0.5) is 4.39 Å². The zero-order valence-electron chi connectivity index (χ0n) is 10.9. The molecule has 0 bridgehead atoms. The highest BCUT2D eigenvalue weighted by Gasteiger charge is 2.13. The van der Waals surface area contributed by atoms with E-state index in [0.29, 0.717) is 17.4 Å². The monoisotopic (exact) mass is 279 g/mol. The molecular formula is C17H10FNO2. The van der Waals surface area contributed by atoms with Crippen molar-refractivity contribution in [2.24, 2.45) is 0 Å². The highest BCUT2D eigenvalue weighted by Crippen LogP contribution is 2.30. The molecule has 2 aromatic heterocycles. The Morgan fingerprint density at radius 1 is 0.857 bits per heavy atom. The molecule has 0 saturated carbocycles. The first kappa shape index (κ1) is 11.9. The van der Waals surface area contributed by atoms with E-state index in [-0.39, 0.29) is 5.82 Å². The van der Waals surface area contributed by atoms with Crippen molar-refractivity contribution in [2.45, 2.75) is 0 Å². The van der Waals surface area contributed by atoms with Gasteiger partial charge in [-0.05, 0) is 36.4 Å². The van der Waals surface area contributed by atoms with Gasteiger partial charge in [-0.2, -0.15) is 0 Å². The van der Waals surface area contributed by atoms with Gasteiger partial charge in [0.2, 0.25) is 0 Å². The van der Waals surface area contributed by atoms with E-state index in [9.17, 15) is 4.39 Å². The fraction of sp³-hybridized carbons (Fsp3) is 0. The number of furan rings is 1. The number of para-hydroxylation sites is 1. The Morgan fingerprint density at radius 2 is 1.67 bits per heavy atom. The number of hydrogen-bond acceptors (Lipinski definition) is 3. The molecule has 0 amide bonds. The average Bonchev–Trinajstić information content (AvgIpc) is 3.14. The lowest BCUT2D eigenvalue weighted by molar-refractivity contribution is 0.543. The van der Waals surface area contributed by atoms with Crippen LogP contribution in [0.25, 0.3) is 33.9 Å². The van der Waals surface area contributed by atoms with E-state index in [2.05, 4.69) is 4.98 Å². The van der Waals surface area contributed by atoms with E-state index in [0.717, 1.165) is 16.5 Å². The van der Waals surface area contributed by atoms with Crippen LogP contribution in [-0.2, 0) is 0 Å². The van der Waals surface area contributed by atoms with Crippen LogP contribution in [0.1, 0.15) is 0 Å². The summed E-state index contributed by atoms with van der Waals surface area (Å²) in [5, 5.41) is 0.994. The summed E-state index contributed by atoms with van der Waals surface area (Å²) >= 11 is 0. The highest BCUT2D eigenvalue weighted by molar-refractivity contribution is 5.81. The maximum absolute atomic E-state index is 12.9. The van der Waals surface area contributed by atoms with E-state index < -0.39 is 0 Å². The van der Waals surface area contributed by atoms with Crippen molar-refractivity contribution in [3.05, 3.63) is 66.6 Å². The maximum Gasteiger partial charge on any atom is 0.263 e. The number of oxazole rings is 1. The Bertz CT molecular complexity index is 873. The Labute approximate surface area is 119 Å². The standard InChI is InChI=1S/C17H10FNO2/c18-13-7-5-11(6-8-13)16-10-19-17(21-16)15-9-12-3-1-2-4-14(12)20-15/h1-10H. The summed E-state index contributed by atoms with van der Waals surface area (Å²) in [7, 11) is 0. The Morgan fingerprint density at radius 3 is 2.48 bits per heavy atom. The SMILES string of the molecule is Fc1ccc(-c2cnc(-c3cc4ccccc4o3)o2)cc1. The van der Waals surface area contributed by atoms with Crippen LogP contribution in [0.3, 0.4) is 0 Å². The van der Waals surface area contributed by atoms with Crippen molar-refractivity contribution in [3.8, 4) is 23.0 Å². The van der Waals surface area contributed by atoms with Gasteiger partial charge < -0.3 is 8.83 Å². The highest BCUT2D eigenvalue weighted by atomic mass is 19.1. The summed E-state index contributed by atoms with van der Waals surface area (Å²) in [6.45, 7) is 0. The van der Waals surface area contributed by atoms with Gasteiger partial charge >= 0.3 is 0 Å². The smallest absolute Gasteiger partial charge is 0.263 e. The number of rotatable bonds is 2. The van der Waals surface area contributed by atoms with E-state index in [1.54, 1.807) is 18.3 Å². The summed E-state index contributed by atoms with van der Waals surface area (Å²) in [6, 6.07) is 15.7. The number of aromatic nitrogens is 1. The molecule has 2 heterocycles. The molecule has 0 aliphatic rings. The zero-order valence-corrected chi connectivity index (χ0v) is 10.9. The minimum absolute atomic E-state index is 0.282. The normalized spacial score (nSPS) is 11.1. The van der Waals surface area contributed by atoms with Gasteiger partial charge in [0.1, 0.15) is 11.4 Å². The fourth-order valence-corrected chi connectivity index (χ4v) is 2.22. The Balaban J connectivity index is 1.75. The van der Waals surface area contributed by atoms with Gasteiger partial charge in [-0.3, -0.25) is 0 Å². The van der Waals surface area contributed by atoms with Gasteiger partial charge in [-0.15, -0.1) is 0 Å². The summed E-state index contributed by atoms with van der Waals surface area (Å²) in [5.41, 5.74) is 1.56. The first-order valence-corrected chi connectivity index (χ1v) is 6.50. The second-order valence-corrected chi connectivity index (χ2v) is 4.69. The van der Waals surface area contributed by atoms with Gasteiger partial charge in [0.05, 0.1) is 6.20 Å². The van der Waals surface area contributed by atoms with Gasteiger partial charge in [-0.1, -0.05) is 18.2 Å². The van der Waals surface area contributed by atoms with Crippen LogP contribution in [-0.4, -0.2) is 4.98 Å². The Kier molecular flexibility index (Phi) is 2.60. The lowest BCUT2D eigenvalue weighted by Crippen LogP contribution is -1.75. The molecule has 21 heavy (non-hydrogen) atoms. The van der Waals surface area contributed by atoms with Crippen LogP contribution >= 0.6 is 0 Å². The fourth-order valence-electron chi connectivity index (χ4n) is 2.22. The van der Waals surface area contributed by atoms with Gasteiger partial charge in [0.25, 0.3) is 5.89 Å². The molecule has 4 aromatic rings. The quantitative estimate of drug-likeness (QED) is 0.524. The van der Waals surface area contributed by atoms with E-state index >= 15 is 0 Å². The second-order valence-electron chi connectivity index (χ2n) is 4.69. The van der Waals surface area contributed by atoms with Crippen LogP contribution < -0.4 is 0 Å². The minimum Gasteiger partial charge on any atom is -0.451 e. The molecule has 4 rings (SSSR count). The molecule has 0 saturated heterocycles. The third kappa shape index (κ3) is 2.10. The third-order valence-electron chi connectivity index (χ3n) is 3.27. The zero-order chi connectivity index (χ0) is 14.2. The first-order chi connectivity index (χ1) is 10.3. The van der Waals surface area contributed by atoms with Gasteiger partial charge in [0, 0.05) is 10.9 Å². The molecule has 0 N–H and O–H groups in total. The summed E-state index contributed by atoms with van der Waals surface area (Å²) < 4.78 is 24.3. The molecule has 4 heteroatoms. The lowest BCUT2D eigenvalue weighted by atomic mass is 10.2. The molecule has 0 unspecified atom stereocenters. The van der Waals surface area contributed by atoms with Crippen LogP contribution in [0, 0.1) is 5.82 Å². The van der Waals surface area contributed by atoms with E-state index in [1.165, 1.54) is 12.1 Å². The Hall–Kier alpha value is -2.88. The van der Waals surface area contributed by atoms with Crippen molar-refractivity contribution >= 4 is 11.0 Å². The predicted molar refractivity (Wildman–Crippen MR) is 77.1 cm³/mol. The van der Waals surface area contributed by atoms with Crippen molar-refractivity contribution in [3.63, 3.8) is 0 Å². The molecule has 102 valence electrons. The predicted octanol–water partition coefficient (Wildman–Crippen LogP) is 4.89. The van der Waals surface area contributed by atoms with Crippen molar-refractivity contribution < 1.29 is 13.2 Å². The molecule has 0 aliphatic heterocycles. The topological polar surface area (TPSA) is 39.2 Å². The number of benzene rings is 2. The molecule has 3 nitrogen and oxygen atoms in total. The number of hydrogen-bond donors (Lipinski definition) is 0. The summed E-state index contributed by atoms with van der Waals surface area (Å²) in [5.74, 6) is 1.27. The van der Waals surface area contributed by atoms with E-state index in [4.69, 9.17) is 8.83 Å². The van der Waals surface area contributed by atoms with E-state index in [1.807, 2.05) is 30.3 Å². The lowest BCUT2D eigenvalue weighted by Gasteiger charge is -1.94. The molecular weight excluding hydrogens is 269 g/mol. The van der Waals surface area contributed by atoms with Crippen LogP contribution in [0.2, 0.25) is 0 Å². The summed E-state index contributed by atoms with van der Waals surface area (Å²) in [4.78, 5) is 4.23. The molecule has 0 spiro atoms. The first-order valence-electron chi connectivity index (χ1n) is 6.50. The average molecular weight is 279 g/mol. The molecule has 0 atom stereocenters. The maximum atomic E-state index is 12.9. The number of halogens is 1.